The van der Waals surface area contributed by atoms with Gasteiger partial charge in [-0.15, -0.1) is 0 Å². The number of ether oxygens (including phenoxy) is 1. The maximum Gasteiger partial charge on any atom is 0.234 e. The van der Waals surface area contributed by atoms with E-state index >= 15 is 0 Å². The molecule has 0 aliphatic carbocycles. The number of hydrogen-bond donors (Lipinski definition) is 1. The highest BCUT2D eigenvalue weighted by atomic mass is 19.1. The number of halogens is 1. The molecule has 0 radical (unpaired) electrons. The van der Waals surface area contributed by atoms with E-state index in [0.717, 1.165) is 0 Å². The smallest absolute Gasteiger partial charge is 0.234 e. The third-order valence-electron chi connectivity index (χ3n) is 3.97. The van der Waals surface area contributed by atoms with Crippen LogP contribution in [0.4, 0.5) is 4.39 Å². The lowest BCUT2D eigenvalue weighted by atomic mass is 10.1. The fraction of sp³-hybridized carbons (Fsp3) is 0.368. The number of rotatable bonds is 7. The second-order valence-electron chi connectivity index (χ2n) is 6.28. The number of benzene rings is 1. The molecule has 0 bridgehead atoms. The Morgan fingerprint density at radius 3 is 2.68 bits per heavy atom. The van der Waals surface area contributed by atoms with Gasteiger partial charge in [-0.25, -0.2) is 4.39 Å². The Morgan fingerprint density at radius 2 is 2.08 bits per heavy atom. The third kappa shape index (κ3) is 5.53. The Labute approximate surface area is 147 Å². The van der Waals surface area contributed by atoms with Crippen LogP contribution < -0.4 is 10.1 Å². The lowest BCUT2D eigenvalue weighted by Gasteiger charge is -2.22. The summed E-state index contributed by atoms with van der Waals surface area (Å²) >= 11 is 0. The van der Waals surface area contributed by atoms with Crippen LogP contribution in [0.5, 0.6) is 11.5 Å². The molecule has 2 rings (SSSR count). The van der Waals surface area contributed by atoms with Crippen molar-refractivity contribution in [3.63, 3.8) is 0 Å². The number of pyridine rings is 1. The average Bonchev–Trinajstić information content (AvgIpc) is 2.57. The normalized spacial score (nSPS) is 12.3. The minimum atomic E-state index is -0.484. The monoisotopic (exact) mass is 345 g/mol. The molecule has 1 N–H and O–H groups in total. The number of nitrogens with zero attached hydrogens (tertiary/aromatic N) is 2. The van der Waals surface area contributed by atoms with Gasteiger partial charge in [0, 0.05) is 12.2 Å². The zero-order valence-corrected chi connectivity index (χ0v) is 15.0. The first-order chi connectivity index (χ1) is 11.9. The maximum atomic E-state index is 14.3. The molecule has 0 aliphatic heterocycles. The standard InChI is InChI=1S/C19H24FN3O2/c1-13(2)23(4)12-19(24)22-14(3)15-7-8-18(17(20)10-15)25-16-6-5-9-21-11-16/h5-11,13-14H,12H2,1-4H3,(H,22,24). The molecule has 1 amide bonds. The predicted molar refractivity (Wildman–Crippen MR) is 95.0 cm³/mol. The zero-order chi connectivity index (χ0) is 18.4. The summed E-state index contributed by atoms with van der Waals surface area (Å²) in [5.74, 6) is 0.00332. The number of amides is 1. The Bertz CT molecular complexity index is 707. The average molecular weight is 345 g/mol. The van der Waals surface area contributed by atoms with Gasteiger partial charge in [0.2, 0.25) is 5.91 Å². The molecule has 25 heavy (non-hydrogen) atoms. The van der Waals surface area contributed by atoms with E-state index in [9.17, 15) is 9.18 Å². The molecule has 0 aliphatic rings. The van der Waals surface area contributed by atoms with Crippen LogP contribution in [0.15, 0.2) is 42.7 Å². The van der Waals surface area contributed by atoms with Crippen molar-refractivity contribution in [3.05, 3.63) is 54.1 Å². The Kier molecular flexibility index (Phi) is 6.47. The van der Waals surface area contributed by atoms with Crippen molar-refractivity contribution in [2.24, 2.45) is 0 Å². The predicted octanol–water partition coefficient (Wildman–Crippen LogP) is 3.53. The van der Waals surface area contributed by atoms with Gasteiger partial charge < -0.3 is 10.1 Å². The number of carbonyl (C=O) groups excluding carboxylic acids is 1. The van der Waals surface area contributed by atoms with E-state index in [1.165, 1.54) is 12.3 Å². The second kappa shape index (κ2) is 8.58. The van der Waals surface area contributed by atoms with Gasteiger partial charge >= 0.3 is 0 Å². The van der Waals surface area contributed by atoms with Crippen LogP contribution >= 0.6 is 0 Å². The summed E-state index contributed by atoms with van der Waals surface area (Å²) in [6.07, 6.45) is 3.13. The molecule has 1 unspecified atom stereocenters. The van der Waals surface area contributed by atoms with Crippen LogP contribution in [0.2, 0.25) is 0 Å². The lowest BCUT2D eigenvalue weighted by Crippen LogP contribution is -2.39. The van der Waals surface area contributed by atoms with Crippen LogP contribution in [0.25, 0.3) is 0 Å². The molecule has 0 fully saturated rings. The van der Waals surface area contributed by atoms with E-state index in [-0.39, 0.29) is 23.7 Å². The van der Waals surface area contributed by atoms with E-state index in [1.54, 1.807) is 30.5 Å². The largest absolute Gasteiger partial charge is 0.453 e. The minimum Gasteiger partial charge on any atom is -0.453 e. The summed E-state index contributed by atoms with van der Waals surface area (Å²) in [6.45, 7) is 6.16. The Morgan fingerprint density at radius 1 is 1.32 bits per heavy atom. The highest BCUT2D eigenvalue weighted by Gasteiger charge is 2.15. The fourth-order valence-corrected chi connectivity index (χ4v) is 2.18. The van der Waals surface area contributed by atoms with E-state index in [0.29, 0.717) is 17.9 Å². The topological polar surface area (TPSA) is 54.5 Å². The van der Waals surface area contributed by atoms with Gasteiger partial charge in [-0.05, 0) is 57.6 Å². The van der Waals surface area contributed by atoms with Crippen molar-refractivity contribution in [1.29, 1.82) is 0 Å². The number of hydrogen-bond acceptors (Lipinski definition) is 4. The first-order valence-electron chi connectivity index (χ1n) is 8.23. The number of nitrogens with one attached hydrogen (secondary N) is 1. The lowest BCUT2D eigenvalue weighted by molar-refractivity contribution is -0.122. The summed E-state index contributed by atoms with van der Waals surface area (Å²) in [7, 11) is 1.89. The molecule has 134 valence electrons. The van der Waals surface area contributed by atoms with Crippen LogP contribution in [0, 0.1) is 5.82 Å². The van der Waals surface area contributed by atoms with Crippen LogP contribution in [-0.2, 0) is 4.79 Å². The van der Waals surface area contributed by atoms with Gasteiger partial charge in [-0.1, -0.05) is 6.07 Å². The summed E-state index contributed by atoms with van der Waals surface area (Å²) in [4.78, 5) is 17.9. The first kappa shape index (κ1) is 18.9. The van der Waals surface area contributed by atoms with Gasteiger partial charge in [0.05, 0.1) is 18.8 Å². The summed E-state index contributed by atoms with van der Waals surface area (Å²) in [5.41, 5.74) is 0.677. The second-order valence-corrected chi connectivity index (χ2v) is 6.28. The molecule has 1 aromatic heterocycles. The van der Waals surface area contributed by atoms with Gasteiger partial charge in [0.15, 0.2) is 11.6 Å². The number of likely N-dealkylation sites (N-methyl/N-ethyl adjacent to an activating group) is 1. The van der Waals surface area contributed by atoms with Crippen molar-refractivity contribution in [2.75, 3.05) is 13.6 Å². The molecule has 2 aromatic rings. The number of carbonyl (C=O) groups is 1. The molecule has 0 saturated carbocycles. The molecular weight excluding hydrogens is 321 g/mol. The van der Waals surface area contributed by atoms with Crippen molar-refractivity contribution in [2.45, 2.75) is 32.9 Å². The van der Waals surface area contributed by atoms with Gasteiger partial charge in [0.1, 0.15) is 5.75 Å². The van der Waals surface area contributed by atoms with E-state index in [1.807, 2.05) is 32.7 Å². The van der Waals surface area contributed by atoms with Crippen LogP contribution in [-0.4, -0.2) is 35.4 Å². The molecular formula is C19H24FN3O2. The molecule has 1 aromatic carbocycles. The minimum absolute atomic E-state index is 0.0974. The van der Waals surface area contributed by atoms with E-state index in [2.05, 4.69) is 10.3 Å². The summed E-state index contributed by atoms with van der Waals surface area (Å²) < 4.78 is 19.8. The van der Waals surface area contributed by atoms with Gasteiger partial charge in [-0.3, -0.25) is 14.7 Å². The van der Waals surface area contributed by atoms with E-state index < -0.39 is 5.82 Å². The Hall–Kier alpha value is -2.47. The van der Waals surface area contributed by atoms with Crippen molar-refractivity contribution in [3.8, 4) is 11.5 Å². The highest BCUT2D eigenvalue weighted by molar-refractivity contribution is 5.78. The number of aromatic nitrogens is 1. The zero-order valence-electron chi connectivity index (χ0n) is 15.0. The quantitative estimate of drug-likeness (QED) is 0.834. The maximum absolute atomic E-state index is 14.3. The summed E-state index contributed by atoms with van der Waals surface area (Å²) in [5, 5.41) is 2.88. The molecule has 0 saturated heterocycles. The SMILES string of the molecule is CC(NC(=O)CN(C)C(C)C)c1ccc(Oc2cccnc2)c(F)c1. The highest BCUT2D eigenvalue weighted by Crippen LogP contribution is 2.26. The molecule has 0 spiro atoms. The van der Waals surface area contributed by atoms with Crippen molar-refractivity contribution in [1.82, 2.24) is 15.2 Å². The van der Waals surface area contributed by atoms with Crippen LogP contribution in [0.3, 0.4) is 0 Å². The van der Waals surface area contributed by atoms with E-state index in [4.69, 9.17) is 4.74 Å². The molecule has 6 heteroatoms. The van der Waals surface area contributed by atoms with Crippen LogP contribution in [0.1, 0.15) is 32.4 Å². The fourth-order valence-electron chi connectivity index (χ4n) is 2.18. The summed E-state index contributed by atoms with van der Waals surface area (Å²) in [6, 6.07) is 8.08. The van der Waals surface area contributed by atoms with Gasteiger partial charge in [-0.2, -0.15) is 0 Å². The molecule has 5 nitrogen and oxygen atoms in total. The third-order valence-corrected chi connectivity index (χ3v) is 3.97. The van der Waals surface area contributed by atoms with Crippen molar-refractivity contribution >= 4 is 5.91 Å². The molecule has 1 heterocycles. The first-order valence-corrected chi connectivity index (χ1v) is 8.23. The molecule has 1 atom stereocenters. The van der Waals surface area contributed by atoms with Gasteiger partial charge in [0.25, 0.3) is 0 Å². The Balaban J connectivity index is 2.00. The van der Waals surface area contributed by atoms with Crippen molar-refractivity contribution < 1.29 is 13.9 Å².